The number of carbonyl (C=O) groups is 3. The number of hydrogen-bond donors (Lipinski definition) is 1. The van der Waals surface area contributed by atoms with E-state index < -0.39 is 29.4 Å². The van der Waals surface area contributed by atoms with Crippen molar-refractivity contribution in [3.63, 3.8) is 0 Å². The van der Waals surface area contributed by atoms with Gasteiger partial charge in [0.1, 0.15) is 17.4 Å². The van der Waals surface area contributed by atoms with Gasteiger partial charge in [-0.25, -0.2) is 4.39 Å². The fraction of sp³-hybridized carbons (Fsp3) is 0.464. The molecular weight excluding hydrogens is 475 g/mol. The first-order valence-electron chi connectivity index (χ1n) is 12.7. The predicted octanol–water partition coefficient (Wildman–Crippen LogP) is 2.82. The number of para-hydroxylation sites is 1. The number of carbonyl (C=O) groups excluding carboxylic acids is 3. The van der Waals surface area contributed by atoms with Gasteiger partial charge in [-0.05, 0) is 62.1 Å². The van der Waals surface area contributed by atoms with Gasteiger partial charge in [-0.15, -0.1) is 0 Å². The Hall–Kier alpha value is -3.46. The molecule has 8 nitrogen and oxygen atoms in total. The lowest BCUT2D eigenvalue weighted by molar-refractivity contribution is -0.141. The molecule has 0 bridgehead atoms. The van der Waals surface area contributed by atoms with Crippen molar-refractivity contribution in [3.05, 3.63) is 65.5 Å². The van der Waals surface area contributed by atoms with E-state index in [1.807, 2.05) is 37.3 Å². The number of anilines is 1. The van der Waals surface area contributed by atoms with Crippen LogP contribution in [0.5, 0.6) is 0 Å². The zero-order chi connectivity index (χ0) is 26.7. The molecule has 0 radical (unpaired) electrons. The van der Waals surface area contributed by atoms with Gasteiger partial charge in [-0.2, -0.15) is 0 Å². The molecule has 37 heavy (non-hydrogen) atoms. The molecule has 2 aromatic carbocycles. The average Bonchev–Trinajstić information content (AvgIpc) is 3.16. The van der Waals surface area contributed by atoms with Gasteiger partial charge in [0, 0.05) is 38.5 Å². The van der Waals surface area contributed by atoms with Crippen molar-refractivity contribution in [2.24, 2.45) is 0 Å². The average molecular weight is 511 g/mol. The molecule has 2 heterocycles. The predicted molar refractivity (Wildman–Crippen MR) is 139 cm³/mol. The smallest absolute Gasteiger partial charge is 0.252 e. The highest BCUT2D eigenvalue weighted by molar-refractivity contribution is 5.98. The molecule has 2 aliphatic rings. The Labute approximate surface area is 217 Å². The summed E-state index contributed by atoms with van der Waals surface area (Å²) < 4.78 is 19.5. The highest BCUT2D eigenvalue weighted by Gasteiger charge is 2.53. The van der Waals surface area contributed by atoms with Crippen LogP contribution in [0.25, 0.3) is 0 Å². The Morgan fingerprint density at radius 2 is 1.81 bits per heavy atom. The molecule has 3 amide bonds. The van der Waals surface area contributed by atoms with Crippen molar-refractivity contribution in [1.82, 2.24) is 15.1 Å². The van der Waals surface area contributed by atoms with Crippen molar-refractivity contribution in [2.45, 2.75) is 50.8 Å². The number of nitrogens with one attached hydrogen (secondary N) is 1. The number of rotatable bonds is 7. The van der Waals surface area contributed by atoms with Gasteiger partial charge < -0.3 is 24.8 Å². The molecular formula is C28H35FN4O4. The maximum Gasteiger partial charge on any atom is 0.252 e. The Kier molecular flexibility index (Phi) is 7.82. The second-order valence-electron chi connectivity index (χ2n) is 9.86. The lowest BCUT2D eigenvalue weighted by atomic mass is 9.85. The van der Waals surface area contributed by atoms with E-state index >= 15 is 0 Å². The lowest BCUT2D eigenvalue weighted by Gasteiger charge is -2.44. The van der Waals surface area contributed by atoms with Gasteiger partial charge in [0.25, 0.3) is 5.91 Å². The van der Waals surface area contributed by atoms with E-state index in [9.17, 15) is 18.8 Å². The molecule has 2 atom stereocenters. The van der Waals surface area contributed by atoms with Crippen LogP contribution in [-0.4, -0.2) is 79.1 Å². The molecule has 1 N–H and O–H groups in total. The topological polar surface area (TPSA) is 82.2 Å². The van der Waals surface area contributed by atoms with Crippen molar-refractivity contribution in [1.29, 1.82) is 0 Å². The van der Waals surface area contributed by atoms with Gasteiger partial charge in [0.15, 0.2) is 0 Å². The SMILES string of the molecule is CCc1cc(F)cc(C(=O)N[C@H](C(=O)N2CCC3(CC2)C(=O)N(C)CN3c2ccccc2)[C@H](C)OC)c1. The number of ether oxygens (including phenoxy) is 1. The van der Waals surface area contributed by atoms with Crippen LogP contribution in [0.4, 0.5) is 10.1 Å². The number of benzene rings is 2. The molecule has 0 aliphatic carbocycles. The molecule has 1 spiro atoms. The van der Waals surface area contributed by atoms with Crippen LogP contribution >= 0.6 is 0 Å². The van der Waals surface area contributed by atoms with Gasteiger partial charge in [-0.1, -0.05) is 25.1 Å². The number of nitrogens with zero attached hydrogens (tertiary/aromatic N) is 3. The highest BCUT2D eigenvalue weighted by Crippen LogP contribution is 2.39. The number of likely N-dealkylation sites (N-methyl/N-ethyl adjacent to an activating group) is 1. The molecule has 4 rings (SSSR count). The first-order chi connectivity index (χ1) is 17.7. The van der Waals surface area contributed by atoms with Crippen LogP contribution < -0.4 is 10.2 Å². The Morgan fingerprint density at radius 1 is 1.14 bits per heavy atom. The van der Waals surface area contributed by atoms with E-state index in [4.69, 9.17) is 4.74 Å². The molecule has 2 aliphatic heterocycles. The van der Waals surface area contributed by atoms with Crippen molar-refractivity contribution in [3.8, 4) is 0 Å². The summed E-state index contributed by atoms with van der Waals surface area (Å²) in [7, 11) is 3.27. The molecule has 2 fully saturated rings. The molecule has 0 saturated carbocycles. The zero-order valence-electron chi connectivity index (χ0n) is 21.9. The summed E-state index contributed by atoms with van der Waals surface area (Å²) in [6.45, 7) is 4.81. The molecule has 0 aromatic heterocycles. The monoisotopic (exact) mass is 510 g/mol. The minimum absolute atomic E-state index is 0.0522. The number of halogens is 1. The number of aryl methyl sites for hydroxylation is 1. The number of methoxy groups -OCH3 is 1. The third kappa shape index (κ3) is 5.18. The second kappa shape index (κ2) is 10.9. The Bertz CT molecular complexity index is 1150. The summed E-state index contributed by atoms with van der Waals surface area (Å²) >= 11 is 0. The quantitative estimate of drug-likeness (QED) is 0.620. The minimum atomic E-state index is -0.952. The Balaban J connectivity index is 1.50. The van der Waals surface area contributed by atoms with E-state index in [1.54, 1.807) is 29.8 Å². The van der Waals surface area contributed by atoms with Crippen LogP contribution in [0.1, 0.15) is 42.6 Å². The lowest BCUT2D eigenvalue weighted by Crippen LogP contribution is -2.61. The summed E-state index contributed by atoms with van der Waals surface area (Å²) in [6, 6.07) is 13.1. The van der Waals surface area contributed by atoms with Crippen molar-refractivity contribution in [2.75, 3.05) is 38.8 Å². The van der Waals surface area contributed by atoms with E-state index in [0.29, 0.717) is 44.6 Å². The normalized spacial score (nSPS) is 18.7. The van der Waals surface area contributed by atoms with E-state index in [0.717, 1.165) is 5.69 Å². The fourth-order valence-corrected chi connectivity index (χ4v) is 5.32. The van der Waals surface area contributed by atoms with E-state index in [-0.39, 0.29) is 17.4 Å². The van der Waals surface area contributed by atoms with E-state index in [2.05, 4.69) is 10.2 Å². The maximum absolute atomic E-state index is 14.0. The van der Waals surface area contributed by atoms with Gasteiger partial charge in [0.2, 0.25) is 11.8 Å². The van der Waals surface area contributed by atoms with Crippen LogP contribution in [0.15, 0.2) is 48.5 Å². The molecule has 0 unspecified atom stereocenters. The van der Waals surface area contributed by atoms with E-state index in [1.165, 1.54) is 19.2 Å². The second-order valence-corrected chi connectivity index (χ2v) is 9.86. The first kappa shape index (κ1) is 26.6. The summed E-state index contributed by atoms with van der Waals surface area (Å²) in [4.78, 5) is 45.4. The van der Waals surface area contributed by atoms with Crippen LogP contribution in [0, 0.1) is 5.82 Å². The number of amides is 3. The first-order valence-corrected chi connectivity index (χ1v) is 12.7. The number of likely N-dealkylation sites (tertiary alicyclic amines) is 1. The summed E-state index contributed by atoms with van der Waals surface area (Å²) in [5.41, 5.74) is 1.12. The molecule has 9 heteroatoms. The van der Waals surface area contributed by atoms with Crippen LogP contribution in [-0.2, 0) is 20.7 Å². The summed E-state index contributed by atoms with van der Waals surface area (Å²) in [5, 5.41) is 2.76. The van der Waals surface area contributed by atoms with Gasteiger partial charge in [0.05, 0.1) is 12.8 Å². The van der Waals surface area contributed by atoms with Crippen molar-refractivity contribution < 1.29 is 23.5 Å². The highest BCUT2D eigenvalue weighted by atomic mass is 19.1. The largest absolute Gasteiger partial charge is 0.379 e. The number of hydrogen-bond acceptors (Lipinski definition) is 5. The van der Waals surface area contributed by atoms with Crippen LogP contribution in [0.3, 0.4) is 0 Å². The number of piperidine rings is 1. The maximum atomic E-state index is 14.0. The summed E-state index contributed by atoms with van der Waals surface area (Å²) in [6.07, 6.45) is 0.926. The fourth-order valence-electron chi connectivity index (χ4n) is 5.32. The standard InChI is InChI=1S/C28H35FN4O4/c1-5-20-15-21(17-22(29)16-20)25(34)30-24(19(2)37-4)26(35)32-13-11-28(12-14-32)27(36)31(3)18-33(28)23-9-7-6-8-10-23/h6-10,15-17,19,24H,5,11-14,18H2,1-4H3,(H,30,34)/t19-,24-/m0/s1. The molecule has 2 saturated heterocycles. The molecule has 198 valence electrons. The van der Waals surface area contributed by atoms with Crippen molar-refractivity contribution >= 4 is 23.4 Å². The van der Waals surface area contributed by atoms with Gasteiger partial charge in [-0.3, -0.25) is 14.4 Å². The molecule has 2 aromatic rings. The summed E-state index contributed by atoms with van der Waals surface area (Å²) in [5.74, 6) is -1.26. The third-order valence-electron chi connectivity index (χ3n) is 7.61. The van der Waals surface area contributed by atoms with Crippen LogP contribution in [0.2, 0.25) is 0 Å². The third-order valence-corrected chi connectivity index (χ3v) is 7.61. The Morgan fingerprint density at radius 3 is 2.43 bits per heavy atom. The zero-order valence-corrected chi connectivity index (χ0v) is 21.9. The minimum Gasteiger partial charge on any atom is -0.379 e. The van der Waals surface area contributed by atoms with Gasteiger partial charge >= 0.3 is 0 Å².